The summed E-state index contributed by atoms with van der Waals surface area (Å²) in [5.41, 5.74) is 0.397. The highest BCUT2D eigenvalue weighted by molar-refractivity contribution is 7.90. The van der Waals surface area contributed by atoms with Crippen molar-refractivity contribution in [1.82, 2.24) is 9.29 Å². The van der Waals surface area contributed by atoms with Crippen molar-refractivity contribution in [2.75, 3.05) is 0 Å². The topological polar surface area (TPSA) is 88.4 Å². The molecule has 0 spiro atoms. The standard InChI is InChI=1S/C17H22N2O4S/c1-12-7-9-13(10-8-12)24(22,23)19-11-5-6-14(19)15(20)16(21)18-17(2,3)4/h5-11,15,20H,1-4H3,(H,18,21)/t15-/m0/s1. The van der Waals surface area contributed by atoms with Crippen molar-refractivity contribution in [2.45, 2.75) is 44.2 Å². The number of hydrogen-bond acceptors (Lipinski definition) is 4. The molecule has 2 rings (SSSR count). The van der Waals surface area contributed by atoms with Gasteiger partial charge < -0.3 is 10.4 Å². The molecule has 2 aromatic rings. The Hall–Kier alpha value is -2.12. The van der Waals surface area contributed by atoms with E-state index in [-0.39, 0.29) is 10.6 Å². The highest BCUT2D eigenvalue weighted by atomic mass is 32.2. The molecule has 0 radical (unpaired) electrons. The van der Waals surface area contributed by atoms with Gasteiger partial charge in [-0.2, -0.15) is 0 Å². The summed E-state index contributed by atoms with van der Waals surface area (Å²) in [5, 5.41) is 12.9. The van der Waals surface area contributed by atoms with Gasteiger partial charge in [-0.25, -0.2) is 12.4 Å². The van der Waals surface area contributed by atoms with Crippen LogP contribution in [0.5, 0.6) is 0 Å². The molecule has 1 atom stereocenters. The molecule has 0 aliphatic heterocycles. The van der Waals surface area contributed by atoms with Gasteiger partial charge in [-0.1, -0.05) is 17.7 Å². The molecule has 0 unspecified atom stereocenters. The van der Waals surface area contributed by atoms with Crippen LogP contribution in [0.2, 0.25) is 0 Å². The van der Waals surface area contributed by atoms with Crippen LogP contribution in [-0.2, 0) is 14.8 Å². The van der Waals surface area contributed by atoms with Gasteiger partial charge in [-0.3, -0.25) is 4.79 Å². The second kappa shape index (κ2) is 6.41. The smallest absolute Gasteiger partial charge is 0.267 e. The molecule has 1 heterocycles. The largest absolute Gasteiger partial charge is 0.377 e. The second-order valence-electron chi connectivity index (χ2n) is 6.69. The first-order valence-electron chi connectivity index (χ1n) is 7.52. The van der Waals surface area contributed by atoms with E-state index in [1.807, 2.05) is 6.92 Å². The maximum absolute atomic E-state index is 12.8. The fraction of sp³-hybridized carbons (Fsp3) is 0.353. The van der Waals surface area contributed by atoms with E-state index in [2.05, 4.69) is 5.32 Å². The lowest BCUT2D eigenvalue weighted by Gasteiger charge is -2.23. The molecule has 0 bridgehead atoms. The third-order valence-corrected chi connectivity index (χ3v) is 5.07. The molecular weight excluding hydrogens is 328 g/mol. The maximum Gasteiger partial charge on any atom is 0.267 e. The molecule has 2 N–H and O–H groups in total. The van der Waals surface area contributed by atoms with Crippen LogP contribution in [-0.4, -0.2) is 28.9 Å². The molecule has 6 nitrogen and oxygen atoms in total. The number of nitrogens with zero attached hydrogens (tertiary/aromatic N) is 1. The maximum atomic E-state index is 12.8. The predicted octanol–water partition coefficient (Wildman–Crippen LogP) is 1.98. The van der Waals surface area contributed by atoms with Crippen LogP contribution in [0.15, 0.2) is 47.5 Å². The molecule has 7 heteroatoms. The van der Waals surface area contributed by atoms with Crippen molar-refractivity contribution >= 4 is 15.9 Å². The summed E-state index contributed by atoms with van der Waals surface area (Å²) in [5.74, 6) is -0.651. The van der Waals surface area contributed by atoms with Crippen LogP contribution >= 0.6 is 0 Å². The SMILES string of the molecule is Cc1ccc(S(=O)(=O)n2cccc2[C@H](O)C(=O)NC(C)(C)C)cc1. The Labute approximate surface area is 142 Å². The summed E-state index contributed by atoms with van der Waals surface area (Å²) >= 11 is 0. The highest BCUT2D eigenvalue weighted by Gasteiger charge is 2.28. The lowest BCUT2D eigenvalue weighted by Crippen LogP contribution is -2.43. The van der Waals surface area contributed by atoms with Gasteiger partial charge in [0.05, 0.1) is 10.6 Å². The summed E-state index contributed by atoms with van der Waals surface area (Å²) in [6.07, 6.45) is -0.266. The summed E-state index contributed by atoms with van der Waals surface area (Å²) in [6, 6.07) is 9.27. The average molecular weight is 350 g/mol. The molecule has 1 aromatic heterocycles. The zero-order chi connectivity index (χ0) is 18.1. The number of rotatable bonds is 4. The molecule has 1 amide bonds. The Bertz CT molecular complexity index is 830. The fourth-order valence-electron chi connectivity index (χ4n) is 2.21. The second-order valence-corrected chi connectivity index (χ2v) is 8.50. The van der Waals surface area contributed by atoms with E-state index in [0.29, 0.717) is 0 Å². The first-order chi connectivity index (χ1) is 11.0. The minimum absolute atomic E-state index is 0.00248. The van der Waals surface area contributed by atoms with Crippen molar-refractivity contribution in [1.29, 1.82) is 0 Å². The lowest BCUT2D eigenvalue weighted by molar-refractivity contribution is -0.131. The average Bonchev–Trinajstić information content (AvgIpc) is 2.95. The Morgan fingerprint density at radius 2 is 1.75 bits per heavy atom. The molecule has 24 heavy (non-hydrogen) atoms. The first kappa shape index (κ1) is 18.2. The molecular formula is C17H22N2O4S. The Morgan fingerprint density at radius 1 is 1.17 bits per heavy atom. The Kier molecular flexibility index (Phi) is 4.87. The van der Waals surface area contributed by atoms with Crippen molar-refractivity contribution in [3.8, 4) is 0 Å². The van der Waals surface area contributed by atoms with Gasteiger partial charge >= 0.3 is 0 Å². The van der Waals surface area contributed by atoms with Crippen LogP contribution in [0.4, 0.5) is 0 Å². The van der Waals surface area contributed by atoms with Gasteiger partial charge in [0, 0.05) is 11.7 Å². The molecule has 0 aliphatic carbocycles. The van der Waals surface area contributed by atoms with E-state index in [4.69, 9.17) is 0 Å². The van der Waals surface area contributed by atoms with E-state index < -0.39 is 27.6 Å². The van der Waals surface area contributed by atoms with Crippen LogP contribution in [0.1, 0.15) is 38.1 Å². The molecule has 0 fully saturated rings. The molecule has 130 valence electrons. The molecule has 0 saturated carbocycles. The predicted molar refractivity (Wildman–Crippen MR) is 91.1 cm³/mol. The zero-order valence-electron chi connectivity index (χ0n) is 14.1. The van der Waals surface area contributed by atoms with Gasteiger partial charge in [0.2, 0.25) is 0 Å². The third kappa shape index (κ3) is 3.85. The number of carbonyl (C=O) groups is 1. The first-order valence-corrected chi connectivity index (χ1v) is 8.96. The van der Waals surface area contributed by atoms with Crippen LogP contribution in [0.3, 0.4) is 0 Å². The summed E-state index contributed by atoms with van der Waals surface area (Å²) in [7, 11) is -3.89. The number of aliphatic hydroxyl groups excluding tert-OH is 1. The number of aromatic nitrogens is 1. The van der Waals surface area contributed by atoms with E-state index in [9.17, 15) is 18.3 Å². The molecule has 0 saturated heterocycles. The van der Waals surface area contributed by atoms with Crippen LogP contribution in [0.25, 0.3) is 0 Å². The van der Waals surface area contributed by atoms with Gasteiger partial charge in [0.25, 0.3) is 15.9 Å². The summed E-state index contributed by atoms with van der Waals surface area (Å²) < 4.78 is 26.5. The number of carbonyl (C=O) groups excluding carboxylic acids is 1. The Balaban J connectivity index is 2.39. The monoisotopic (exact) mass is 350 g/mol. The van der Waals surface area contributed by atoms with E-state index >= 15 is 0 Å². The van der Waals surface area contributed by atoms with Crippen molar-refractivity contribution in [2.24, 2.45) is 0 Å². The normalized spacial score (nSPS) is 13.5. The van der Waals surface area contributed by atoms with Crippen LogP contribution < -0.4 is 5.32 Å². The minimum atomic E-state index is -3.89. The molecule has 1 aromatic carbocycles. The minimum Gasteiger partial charge on any atom is -0.377 e. The van der Waals surface area contributed by atoms with Gasteiger partial charge in [0.15, 0.2) is 6.10 Å². The van der Waals surface area contributed by atoms with Crippen molar-refractivity contribution < 1.29 is 18.3 Å². The lowest BCUT2D eigenvalue weighted by atomic mass is 10.1. The number of aliphatic hydroxyl groups is 1. The van der Waals surface area contributed by atoms with Gasteiger partial charge in [-0.15, -0.1) is 0 Å². The highest BCUT2D eigenvalue weighted by Crippen LogP contribution is 2.22. The van der Waals surface area contributed by atoms with Gasteiger partial charge in [0.1, 0.15) is 0 Å². The summed E-state index contributed by atoms with van der Waals surface area (Å²) in [4.78, 5) is 12.2. The fourth-order valence-corrected chi connectivity index (χ4v) is 3.58. The number of hydrogen-bond donors (Lipinski definition) is 2. The third-order valence-electron chi connectivity index (χ3n) is 3.35. The van der Waals surface area contributed by atoms with E-state index in [1.54, 1.807) is 32.9 Å². The van der Waals surface area contributed by atoms with Crippen molar-refractivity contribution in [3.63, 3.8) is 0 Å². The number of amides is 1. The quantitative estimate of drug-likeness (QED) is 0.882. The number of benzene rings is 1. The van der Waals surface area contributed by atoms with Gasteiger partial charge in [-0.05, 0) is 52.0 Å². The van der Waals surface area contributed by atoms with Crippen molar-refractivity contribution in [3.05, 3.63) is 53.9 Å². The van der Waals surface area contributed by atoms with Crippen LogP contribution in [0, 0.1) is 6.92 Å². The summed E-state index contributed by atoms with van der Waals surface area (Å²) in [6.45, 7) is 7.19. The molecule has 0 aliphatic rings. The Morgan fingerprint density at radius 3 is 2.29 bits per heavy atom. The number of aryl methyl sites for hydroxylation is 1. The number of nitrogens with one attached hydrogen (secondary N) is 1. The van der Waals surface area contributed by atoms with E-state index in [0.717, 1.165) is 9.54 Å². The zero-order valence-corrected chi connectivity index (χ0v) is 15.0. The van der Waals surface area contributed by atoms with E-state index in [1.165, 1.54) is 30.5 Å².